The molecule has 1 N–H and O–H groups in total. The molecular weight excluding hydrogens is 483 g/mol. The summed E-state index contributed by atoms with van der Waals surface area (Å²) in [5.41, 5.74) is 0.780. The van der Waals surface area contributed by atoms with Gasteiger partial charge in [0, 0.05) is 24.9 Å². The fourth-order valence-electron chi connectivity index (χ4n) is 2.70. The van der Waals surface area contributed by atoms with Gasteiger partial charge >= 0.3 is 0 Å². The third-order valence-corrected chi connectivity index (χ3v) is 7.18. The predicted molar refractivity (Wildman–Crippen MR) is 121 cm³/mol. The van der Waals surface area contributed by atoms with Crippen LogP contribution in [0, 0.1) is 0 Å². The first-order valence-corrected chi connectivity index (χ1v) is 12.3. The minimum Gasteiger partial charge on any atom is -0.350 e. The number of imide groups is 1. The van der Waals surface area contributed by atoms with Gasteiger partial charge in [0.25, 0.3) is 17.1 Å². The van der Waals surface area contributed by atoms with Crippen LogP contribution in [0.4, 0.5) is 4.79 Å². The molecule has 0 aliphatic carbocycles. The lowest BCUT2D eigenvalue weighted by Gasteiger charge is -2.13. The van der Waals surface area contributed by atoms with Gasteiger partial charge in [-0.2, -0.15) is 0 Å². The monoisotopic (exact) mass is 498 g/mol. The van der Waals surface area contributed by atoms with E-state index in [2.05, 4.69) is 5.32 Å². The third-order valence-electron chi connectivity index (χ3n) is 4.31. The fourth-order valence-corrected chi connectivity index (χ4v) is 4.55. The standard InChI is InChI=1S/C20H16Cl2N2O5S2/c1-31(28,29)14-7-5-12(6-8-14)18(25)23-9-10-24-19(26)16(30-20(24)27)11-13-3-2-4-15(21)17(13)22/h2-8,11H,9-10H2,1H3,(H,23,25)/b16-11-. The smallest absolute Gasteiger partial charge is 0.293 e. The molecule has 0 atom stereocenters. The molecule has 0 aromatic heterocycles. The second kappa shape index (κ2) is 9.44. The van der Waals surface area contributed by atoms with Crippen LogP contribution in [-0.2, 0) is 14.6 Å². The van der Waals surface area contributed by atoms with E-state index in [9.17, 15) is 22.8 Å². The summed E-state index contributed by atoms with van der Waals surface area (Å²) < 4.78 is 23.0. The van der Waals surface area contributed by atoms with Gasteiger partial charge in [-0.15, -0.1) is 0 Å². The van der Waals surface area contributed by atoms with E-state index >= 15 is 0 Å². The highest BCUT2D eigenvalue weighted by molar-refractivity contribution is 8.18. The molecule has 0 spiro atoms. The lowest BCUT2D eigenvalue weighted by atomic mass is 10.2. The maximum Gasteiger partial charge on any atom is 0.293 e. The number of hydrogen-bond donors (Lipinski definition) is 1. The molecule has 31 heavy (non-hydrogen) atoms. The Hall–Kier alpha value is -2.33. The Bertz CT molecular complexity index is 1190. The van der Waals surface area contributed by atoms with Crippen LogP contribution >= 0.6 is 35.0 Å². The van der Waals surface area contributed by atoms with Crippen LogP contribution in [0.25, 0.3) is 6.08 Å². The van der Waals surface area contributed by atoms with Crippen LogP contribution in [0.2, 0.25) is 10.0 Å². The van der Waals surface area contributed by atoms with Crippen LogP contribution < -0.4 is 5.32 Å². The zero-order valence-corrected chi connectivity index (χ0v) is 19.2. The summed E-state index contributed by atoms with van der Waals surface area (Å²) in [5.74, 6) is -0.939. The molecule has 3 rings (SSSR count). The SMILES string of the molecule is CS(=O)(=O)c1ccc(C(=O)NCCN2C(=O)S/C(=C\c3cccc(Cl)c3Cl)C2=O)cc1. The van der Waals surface area contributed by atoms with Crippen LogP contribution in [0.5, 0.6) is 0 Å². The lowest BCUT2D eigenvalue weighted by molar-refractivity contribution is -0.122. The summed E-state index contributed by atoms with van der Waals surface area (Å²) in [6, 6.07) is 10.4. The number of nitrogens with zero attached hydrogens (tertiary/aromatic N) is 1. The van der Waals surface area contributed by atoms with Gasteiger partial charge in [-0.25, -0.2) is 8.42 Å². The largest absolute Gasteiger partial charge is 0.350 e. The van der Waals surface area contributed by atoms with Crippen molar-refractivity contribution >= 4 is 67.9 Å². The van der Waals surface area contributed by atoms with Gasteiger partial charge < -0.3 is 5.32 Å². The van der Waals surface area contributed by atoms with Gasteiger partial charge in [0.15, 0.2) is 9.84 Å². The molecule has 162 valence electrons. The minimum atomic E-state index is -3.36. The molecule has 1 aliphatic heterocycles. The van der Waals surface area contributed by atoms with E-state index in [0.717, 1.165) is 22.9 Å². The molecule has 7 nitrogen and oxygen atoms in total. The van der Waals surface area contributed by atoms with Crippen LogP contribution in [0.1, 0.15) is 15.9 Å². The van der Waals surface area contributed by atoms with E-state index in [0.29, 0.717) is 10.6 Å². The van der Waals surface area contributed by atoms with E-state index in [4.69, 9.17) is 23.2 Å². The van der Waals surface area contributed by atoms with E-state index in [1.54, 1.807) is 18.2 Å². The van der Waals surface area contributed by atoms with Gasteiger partial charge in [-0.1, -0.05) is 35.3 Å². The number of thioether (sulfide) groups is 1. The number of carbonyl (C=O) groups is 3. The molecular formula is C20H16Cl2N2O5S2. The van der Waals surface area contributed by atoms with Gasteiger partial charge in [0.05, 0.1) is 19.8 Å². The first kappa shape index (κ1) is 23.3. The fraction of sp³-hybridized carbons (Fsp3) is 0.150. The Kier molecular flexibility index (Phi) is 7.10. The second-order valence-corrected chi connectivity index (χ2v) is 10.3. The van der Waals surface area contributed by atoms with Crippen molar-refractivity contribution in [1.82, 2.24) is 10.2 Å². The number of nitrogens with one attached hydrogen (secondary N) is 1. The zero-order valence-electron chi connectivity index (χ0n) is 16.1. The van der Waals surface area contributed by atoms with E-state index < -0.39 is 26.9 Å². The van der Waals surface area contributed by atoms with Crippen molar-refractivity contribution in [3.8, 4) is 0 Å². The molecule has 1 heterocycles. The van der Waals surface area contributed by atoms with Crippen molar-refractivity contribution in [3.05, 3.63) is 68.5 Å². The Balaban J connectivity index is 1.61. The Labute approximate surface area is 193 Å². The maximum atomic E-state index is 12.6. The molecule has 1 aliphatic rings. The van der Waals surface area contributed by atoms with Crippen molar-refractivity contribution in [1.29, 1.82) is 0 Å². The maximum absolute atomic E-state index is 12.6. The highest BCUT2D eigenvalue weighted by atomic mass is 35.5. The highest BCUT2D eigenvalue weighted by Gasteiger charge is 2.34. The average Bonchev–Trinajstić information content (AvgIpc) is 2.98. The van der Waals surface area contributed by atoms with E-state index in [1.807, 2.05) is 0 Å². The quantitative estimate of drug-likeness (QED) is 0.606. The molecule has 1 fully saturated rings. The topological polar surface area (TPSA) is 101 Å². The van der Waals surface area contributed by atoms with E-state index in [-0.39, 0.29) is 33.5 Å². The van der Waals surface area contributed by atoms with Gasteiger partial charge in [-0.3, -0.25) is 19.3 Å². The molecule has 11 heteroatoms. The predicted octanol–water partition coefficient (Wildman–Crippen LogP) is 3.86. The van der Waals surface area contributed by atoms with Crippen molar-refractivity contribution in [2.75, 3.05) is 19.3 Å². The number of sulfone groups is 1. The Morgan fingerprint density at radius 2 is 1.81 bits per heavy atom. The van der Waals surface area contributed by atoms with Crippen LogP contribution in [0.15, 0.2) is 52.3 Å². The summed E-state index contributed by atoms with van der Waals surface area (Å²) in [4.78, 5) is 38.3. The molecule has 1 saturated heterocycles. The summed E-state index contributed by atoms with van der Waals surface area (Å²) in [7, 11) is -3.36. The van der Waals surface area contributed by atoms with Crippen LogP contribution in [-0.4, -0.2) is 49.7 Å². The van der Waals surface area contributed by atoms with Gasteiger partial charge in [0.2, 0.25) is 0 Å². The number of halogens is 2. The minimum absolute atomic E-state index is 0.0154. The normalized spacial score (nSPS) is 15.6. The van der Waals surface area contributed by atoms with Crippen molar-refractivity contribution in [2.45, 2.75) is 4.90 Å². The highest BCUT2D eigenvalue weighted by Crippen LogP contribution is 2.34. The lowest BCUT2D eigenvalue weighted by Crippen LogP contribution is -2.37. The molecule has 0 saturated carbocycles. The third kappa shape index (κ3) is 5.48. The zero-order chi connectivity index (χ0) is 22.8. The molecule has 3 amide bonds. The summed E-state index contributed by atoms with van der Waals surface area (Å²) >= 11 is 12.9. The van der Waals surface area contributed by atoms with Crippen molar-refractivity contribution in [2.24, 2.45) is 0 Å². The molecule has 0 radical (unpaired) electrons. The van der Waals surface area contributed by atoms with Gasteiger partial charge in [0.1, 0.15) is 0 Å². The number of rotatable bonds is 6. The Morgan fingerprint density at radius 1 is 1.13 bits per heavy atom. The average molecular weight is 499 g/mol. The van der Waals surface area contributed by atoms with Gasteiger partial charge in [-0.05, 0) is 53.7 Å². The molecule has 0 unspecified atom stereocenters. The number of carbonyl (C=O) groups excluding carboxylic acids is 3. The Morgan fingerprint density at radius 3 is 2.45 bits per heavy atom. The number of benzene rings is 2. The molecule has 0 bridgehead atoms. The summed E-state index contributed by atoms with van der Waals surface area (Å²) in [6.07, 6.45) is 2.58. The van der Waals surface area contributed by atoms with E-state index in [1.165, 1.54) is 30.3 Å². The van der Waals surface area contributed by atoms with Crippen LogP contribution in [0.3, 0.4) is 0 Å². The second-order valence-electron chi connectivity index (χ2n) is 6.53. The summed E-state index contributed by atoms with van der Waals surface area (Å²) in [6.45, 7) is 0.0222. The molecule has 2 aromatic carbocycles. The summed E-state index contributed by atoms with van der Waals surface area (Å²) in [5, 5.41) is 2.76. The number of amides is 3. The number of hydrogen-bond acceptors (Lipinski definition) is 6. The first-order valence-electron chi connectivity index (χ1n) is 8.85. The first-order chi connectivity index (χ1) is 14.6. The van der Waals surface area contributed by atoms with Crippen molar-refractivity contribution in [3.63, 3.8) is 0 Å². The molecule has 2 aromatic rings. The van der Waals surface area contributed by atoms with Crippen molar-refractivity contribution < 1.29 is 22.8 Å².